The number of rotatable bonds is 6. The zero-order valence-electron chi connectivity index (χ0n) is 15.6. The van der Waals surface area contributed by atoms with Crippen molar-refractivity contribution in [3.8, 4) is 0 Å². The average molecular weight is 365 g/mol. The predicted octanol–water partition coefficient (Wildman–Crippen LogP) is 3.28. The first kappa shape index (κ1) is 18.6. The normalized spacial score (nSPS) is 11.4. The molecule has 0 fully saturated rings. The molecule has 1 N–H and O–H groups in total. The minimum atomic E-state index is -0.228. The monoisotopic (exact) mass is 365 g/mol. The summed E-state index contributed by atoms with van der Waals surface area (Å²) < 4.78 is 15.2. The van der Waals surface area contributed by atoms with Crippen LogP contribution >= 0.6 is 0 Å². The van der Waals surface area contributed by atoms with Crippen molar-refractivity contribution < 1.29 is 4.39 Å². The highest BCUT2D eigenvalue weighted by Crippen LogP contribution is 2.07. The summed E-state index contributed by atoms with van der Waals surface area (Å²) in [6.07, 6.45) is 3.79. The Morgan fingerprint density at radius 3 is 2.56 bits per heavy atom. The van der Waals surface area contributed by atoms with Gasteiger partial charge in [0.15, 0.2) is 5.96 Å². The number of benzene rings is 2. The number of halogens is 1. The fourth-order valence-corrected chi connectivity index (χ4v) is 2.91. The third-order valence-corrected chi connectivity index (χ3v) is 4.31. The molecule has 0 bridgehead atoms. The molecule has 0 spiro atoms. The Hall–Kier alpha value is -3.15. The summed E-state index contributed by atoms with van der Waals surface area (Å²) in [6, 6.07) is 16.8. The Morgan fingerprint density at radius 2 is 1.85 bits per heavy atom. The van der Waals surface area contributed by atoms with E-state index in [0.29, 0.717) is 13.1 Å². The second-order valence-electron chi connectivity index (χ2n) is 6.34. The van der Waals surface area contributed by atoms with Crippen LogP contribution in [0.1, 0.15) is 17.0 Å². The van der Waals surface area contributed by atoms with Gasteiger partial charge in [-0.1, -0.05) is 42.5 Å². The van der Waals surface area contributed by atoms with Crippen molar-refractivity contribution in [2.75, 3.05) is 14.1 Å². The molecular formula is C21H24FN5. The highest BCUT2D eigenvalue weighted by Gasteiger charge is 2.09. The van der Waals surface area contributed by atoms with Crippen LogP contribution < -0.4 is 5.32 Å². The Bertz CT molecular complexity index is 871. The third-order valence-electron chi connectivity index (χ3n) is 4.31. The van der Waals surface area contributed by atoms with Gasteiger partial charge in [0.1, 0.15) is 11.6 Å². The molecule has 0 amide bonds. The van der Waals surface area contributed by atoms with Crippen molar-refractivity contribution in [1.29, 1.82) is 0 Å². The van der Waals surface area contributed by atoms with Crippen LogP contribution in [0, 0.1) is 5.82 Å². The summed E-state index contributed by atoms with van der Waals surface area (Å²) in [5, 5.41) is 3.35. The third kappa shape index (κ3) is 5.17. The van der Waals surface area contributed by atoms with E-state index in [1.165, 1.54) is 17.7 Å². The molecule has 1 heterocycles. The van der Waals surface area contributed by atoms with Crippen LogP contribution in [0.25, 0.3) is 0 Å². The zero-order valence-corrected chi connectivity index (χ0v) is 15.6. The molecule has 3 aromatic rings. The van der Waals surface area contributed by atoms with Gasteiger partial charge in [0.25, 0.3) is 0 Å². The summed E-state index contributed by atoms with van der Waals surface area (Å²) in [7, 11) is 3.70. The van der Waals surface area contributed by atoms with Crippen LogP contribution in [-0.2, 0) is 19.6 Å². The molecule has 0 unspecified atom stereocenters. The van der Waals surface area contributed by atoms with E-state index >= 15 is 0 Å². The highest BCUT2D eigenvalue weighted by molar-refractivity contribution is 5.79. The van der Waals surface area contributed by atoms with Crippen molar-refractivity contribution in [2.45, 2.75) is 19.6 Å². The molecule has 0 saturated heterocycles. The number of guanidine groups is 1. The molecule has 0 aliphatic heterocycles. The van der Waals surface area contributed by atoms with E-state index in [1.807, 2.05) is 42.5 Å². The smallest absolute Gasteiger partial charge is 0.194 e. The van der Waals surface area contributed by atoms with Gasteiger partial charge in [0, 0.05) is 39.6 Å². The number of aliphatic imine (C=N–C) groups is 1. The van der Waals surface area contributed by atoms with Crippen LogP contribution in [0.5, 0.6) is 0 Å². The van der Waals surface area contributed by atoms with Crippen molar-refractivity contribution in [2.24, 2.45) is 4.99 Å². The van der Waals surface area contributed by atoms with E-state index in [-0.39, 0.29) is 5.82 Å². The zero-order chi connectivity index (χ0) is 19.1. The van der Waals surface area contributed by atoms with Gasteiger partial charge in [-0.3, -0.25) is 4.99 Å². The lowest BCUT2D eigenvalue weighted by atomic mass is 10.2. The topological polar surface area (TPSA) is 45.5 Å². The van der Waals surface area contributed by atoms with E-state index < -0.39 is 0 Å². The van der Waals surface area contributed by atoms with Gasteiger partial charge in [-0.15, -0.1) is 0 Å². The van der Waals surface area contributed by atoms with Gasteiger partial charge >= 0.3 is 0 Å². The maximum atomic E-state index is 13.1. The molecule has 6 heteroatoms. The van der Waals surface area contributed by atoms with Crippen LogP contribution in [0.15, 0.2) is 72.0 Å². The average Bonchev–Trinajstić information content (AvgIpc) is 3.12. The second kappa shape index (κ2) is 8.98. The number of nitrogens with one attached hydrogen (secondary N) is 1. The highest BCUT2D eigenvalue weighted by atomic mass is 19.1. The number of imidazole rings is 1. The second-order valence-corrected chi connectivity index (χ2v) is 6.34. The molecule has 140 valence electrons. The van der Waals surface area contributed by atoms with E-state index in [9.17, 15) is 4.39 Å². The van der Waals surface area contributed by atoms with E-state index in [1.54, 1.807) is 19.2 Å². The summed E-state index contributed by atoms with van der Waals surface area (Å²) in [4.78, 5) is 10.8. The van der Waals surface area contributed by atoms with Crippen molar-refractivity contribution in [3.63, 3.8) is 0 Å². The lowest BCUT2D eigenvalue weighted by Crippen LogP contribution is -2.38. The fraction of sp³-hybridized carbons (Fsp3) is 0.238. The summed E-state index contributed by atoms with van der Waals surface area (Å²) in [5.74, 6) is 1.47. The van der Waals surface area contributed by atoms with Gasteiger partial charge in [0.2, 0.25) is 0 Å². The first-order chi connectivity index (χ1) is 13.2. The molecule has 2 aromatic carbocycles. The standard InChI is InChI=1S/C21H24FN5/c1-23-21(26(2)15-18-8-10-19(22)11-9-18)25-14-20-24-12-13-27(20)16-17-6-4-3-5-7-17/h3-13H,14-16H2,1-2H3,(H,23,25). The molecule has 0 radical (unpaired) electrons. The molecule has 0 aliphatic rings. The number of nitrogens with zero attached hydrogens (tertiary/aromatic N) is 4. The number of aromatic nitrogens is 2. The maximum absolute atomic E-state index is 13.1. The first-order valence-corrected chi connectivity index (χ1v) is 8.86. The molecule has 5 nitrogen and oxygen atoms in total. The van der Waals surface area contributed by atoms with Crippen LogP contribution in [0.4, 0.5) is 4.39 Å². The minimum Gasteiger partial charge on any atom is -0.349 e. The van der Waals surface area contributed by atoms with Gasteiger partial charge in [-0.25, -0.2) is 9.37 Å². The molecule has 0 aliphatic carbocycles. The van der Waals surface area contributed by atoms with Crippen molar-refractivity contribution in [1.82, 2.24) is 19.8 Å². The lowest BCUT2D eigenvalue weighted by Gasteiger charge is -2.22. The lowest BCUT2D eigenvalue weighted by molar-refractivity contribution is 0.473. The van der Waals surface area contributed by atoms with Gasteiger partial charge in [-0.05, 0) is 23.3 Å². The Kier molecular flexibility index (Phi) is 6.20. The summed E-state index contributed by atoms with van der Waals surface area (Å²) in [6.45, 7) is 1.99. The molecule has 1 aromatic heterocycles. The van der Waals surface area contributed by atoms with E-state index in [2.05, 4.69) is 32.0 Å². The van der Waals surface area contributed by atoms with Crippen molar-refractivity contribution >= 4 is 5.96 Å². The van der Waals surface area contributed by atoms with Crippen LogP contribution in [0.3, 0.4) is 0 Å². The molecule has 0 atom stereocenters. The Labute approximate surface area is 159 Å². The van der Waals surface area contributed by atoms with Gasteiger partial charge in [0.05, 0.1) is 6.54 Å². The van der Waals surface area contributed by atoms with Crippen LogP contribution in [-0.4, -0.2) is 34.5 Å². The molecular weight excluding hydrogens is 341 g/mol. The summed E-state index contributed by atoms with van der Waals surface area (Å²) in [5.41, 5.74) is 2.25. The fourth-order valence-electron chi connectivity index (χ4n) is 2.91. The summed E-state index contributed by atoms with van der Waals surface area (Å²) >= 11 is 0. The molecule has 0 saturated carbocycles. The molecule has 3 rings (SSSR count). The first-order valence-electron chi connectivity index (χ1n) is 8.86. The SMILES string of the molecule is CN=C(NCc1nccn1Cc1ccccc1)N(C)Cc1ccc(F)cc1. The number of hydrogen-bond donors (Lipinski definition) is 1. The van der Waals surface area contributed by atoms with Gasteiger partial charge in [-0.2, -0.15) is 0 Å². The maximum Gasteiger partial charge on any atom is 0.194 e. The quantitative estimate of drug-likeness (QED) is 0.539. The van der Waals surface area contributed by atoms with Crippen molar-refractivity contribution in [3.05, 3.63) is 89.8 Å². The largest absolute Gasteiger partial charge is 0.349 e. The molecule has 27 heavy (non-hydrogen) atoms. The Morgan fingerprint density at radius 1 is 1.11 bits per heavy atom. The predicted molar refractivity (Wildman–Crippen MR) is 106 cm³/mol. The van der Waals surface area contributed by atoms with E-state index in [0.717, 1.165) is 23.9 Å². The van der Waals surface area contributed by atoms with Gasteiger partial charge < -0.3 is 14.8 Å². The van der Waals surface area contributed by atoms with E-state index in [4.69, 9.17) is 0 Å². The Balaban J connectivity index is 1.60. The minimum absolute atomic E-state index is 0.228. The van der Waals surface area contributed by atoms with Crippen LogP contribution in [0.2, 0.25) is 0 Å². The number of hydrogen-bond acceptors (Lipinski definition) is 2.